The lowest BCUT2D eigenvalue weighted by atomic mass is 10.1. The van der Waals surface area contributed by atoms with Crippen LogP contribution >= 0.6 is 0 Å². The molecular formula is C17H16N2O3. The van der Waals surface area contributed by atoms with Gasteiger partial charge in [-0.15, -0.1) is 0 Å². The third-order valence-electron chi connectivity index (χ3n) is 3.95. The number of fused-ring (bicyclic) bond motifs is 1. The van der Waals surface area contributed by atoms with E-state index in [4.69, 9.17) is 0 Å². The molecule has 0 bridgehead atoms. The van der Waals surface area contributed by atoms with E-state index < -0.39 is 4.92 Å². The Hall–Kier alpha value is -2.69. The van der Waals surface area contributed by atoms with Crippen LogP contribution in [0.15, 0.2) is 42.5 Å². The Labute approximate surface area is 128 Å². The lowest BCUT2D eigenvalue weighted by Crippen LogP contribution is -2.30. The number of nitro groups is 1. The number of non-ortho nitro benzene ring substituents is 1. The number of anilines is 1. The van der Waals surface area contributed by atoms with Crippen LogP contribution < -0.4 is 4.90 Å². The van der Waals surface area contributed by atoms with Crippen LogP contribution in [-0.2, 0) is 17.6 Å². The molecule has 1 aliphatic rings. The highest BCUT2D eigenvalue weighted by Crippen LogP contribution is 2.32. The number of nitro benzene ring substituents is 1. The third kappa shape index (κ3) is 2.70. The van der Waals surface area contributed by atoms with Gasteiger partial charge < -0.3 is 4.90 Å². The Morgan fingerprint density at radius 3 is 2.64 bits per heavy atom. The van der Waals surface area contributed by atoms with Gasteiger partial charge in [0.25, 0.3) is 5.69 Å². The summed E-state index contributed by atoms with van der Waals surface area (Å²) in [6.45, 7) is 2.59. The number of rotatable bonds is 3. The Morgan fingerprint density at radius 2 is 1.95 bits per heavy atom. The summed E-state index contributed by atoms with van der Waals surface area (Å²) in [6, 6.07) is 12.6. The van der Waals surface area contributed by atoms with Crippen LogP contribution in [0.2, 0.25) is 0 Å². The second-order valence-electron chi connectivity index (χ2n) is 5.53. The molecular weight excluding hydrogens is 280 g/mol. The summed E-state index contributed by atoms with van der Waals surface area (Å²) in [6.07, 6.45) is 1.05. The Kier molecular flexibility index (Phi) is 3.63. The summed E-state index contributed by atoms with van der Waals surface area (Å²) in [7, 11) is 0. The van der Waals surface area contributed by atoms with Crippen LogP contribution in [-0.4, -0.2) is 17.4 Å². The van der Waals surface area contributed by atoms with Crippen LogP contribution in [0, 0.1) is 17.0 Å². The van der Waals surface area contributed by atoms with Crippen molar-refractivity contribution in [1.29, 1.82) is 0 Å². The third-order valence-corrected chi connectivity index (χ3v) is 3.95. The fraction of sp³-hybridized carbons (Fsp3) is 0.235. The van der Waals surface area contributed by atoms with E-state index in [9.17, 15) is 14.9 Å². The molecule has 0 radical (unpaired) electrons. The normalized spacial score (nSPS) is 13.0. The molecule has 2 aromatic rings. The minimum Gasteiger partial charge on any atom is -0.311 e. The van der Waals surface area contributed by atoms with Crippen molar-refractivity contribution in [3.05, 3.63) is 69.3 Å². The number of hydrogen-bond acceptors (Lipinski definition) is 3. The number of hydrogen-bond donors (Lipinski definition) is 0. The van der Waals surface area contributed by atoms with Gasteiger partial charge in [0.2, 0.25) is 5.91 Å². The fourth-order valence-electron chi connectivity index (χ4n) is 2.72. The molecule has 0 aliphatic carbocycles. The van der Waals surface area contributed by atoms with Crippen molar-refractivity contribution >= 4 is 17.3 Å². The molecule has 3 rings (SSSR count). The number of amides is 1. The first-order chi connectivity index (χ1) is 10.5. The maximum Gasteiger partial charge on any atom is 0.271 e. The predicted octanol–water partition coefficient (Wildman–Crippen LogP) is 3.04. The highest BCUT2D eigenvalue weighted by Gasteiger charge is 2.26. The van der Waals surface area contributed by atoms with Gasteiger partial charge >= 0.3 is 0 Å². The summed E-state index contributed by atoms with van der Waals surface area (Å²) < 4.78 is 0. The summed E-state index contributed by atoms with van der Waals surface area (Å²) >= 11 is 0. The molecule has 1 heterocycles. The van der Waals surface area contributed by atoms with Crippen LogP contribution in [0.25, 0.3) is 0 Å². The van der Waals surface area contributed by atoms with E-state index in [1.807, 2.05) is 31.2 Å². The van der Waals surface area contributed by atoms with Gasteiger partial charge in [0.1, 0.15) is 0 Å². The molecule has 0 spiro atoms. The maximum absolute atomic E-state index is 12.5. The first kappa shape index (κ1) is 14.3. The van der Waals surface area contributed by atoms with Gasteiger partial charge in [-0.25, -0.2) is 0 Å². The summed E-state index contributed by atoms with van der Waals surface area (Å²) in [5.74, 6) is -0.0249. The molecule has 0 atom stereocenters. The number of carbonyl (C=O) groups is 1. The van der Waals surface area contributed by atoms with E-state index in [0.29, 0.717) is 18.7 Å². The molecule has 0 fully saturated rings. The highest BCUT2D eigenvalue weighted by atomic mass is 16.6. The Bertz CT molecular complexity index is 738. The fourth-order valence-corrected chi connectivity index (χ4v) is 2.72. The first-order valence-corrected chi connectivity index (χ1v) is 7.18. The van der Waals surface area contributed by atoms with Crippen molar-refractivity contribution in [1.82, 2.24) is 0 Å². The van der Waals surface area contributed by atoms with Gasteiger partial charge in [0, 0.05) is 18.7 Å². The van der Waals surface area contributed by atoms with E-state index >= 15 is 0 Å². The molecule has 22 heavy (non-hydrogen) atoms. The largest absolute Gasteiger partial charge is 0.311 e. The van der Waals surface area contributed by atoms with E-state index in [-0.39, 0.29) is 11.6 Å². The van der Waals surface area contributed by atoms with Crippen molar-refractivity contribution < 1.29 is 9.72 Å². The first-order valence-electron chi connectivity index (χ1n) is 7.18. The van der Waals surface area contributed by atoms with Crippen molar-refractivity contribution in [2.24, 2.45) is 0 Å². The number of aryl methyl sites for hydroxylation is 1. The smallest absolute Gasteiger partial charge is 0.271 e. The SMILES string of the molecule is Cc1ccc(CC(=O)N2CCc3ccc([N+](=O)[O-])cc32)cc1. The molecule has 0 saturated heterocycles. The van der Waals surface area contributed by atoms with Gasteiger partial charge in [-0.05, 0) is 24.5 Å². The lowest BCUT2D eigenvalue weighted by Gasteiger charge is -2.17. The number of nitrogens with zero attached hydrogens (tertiary/aromatic N) is 2. The molecule has 5 heteroatoms. The second-order valence-corrected chi connectivity index (χ2v) is 5.53. The summed E-state index contributed by atoms with van der Waals surface area (Å²) in [5, 5.41) is 10.9. The van der Waals surface area contributed by atoms with Gasteiger partial charge in [-0.3, -0.25) is 14.9 Å². The minimum atomic E-state index is -0.429. The van der Waals surface area contributed by atoms with Crippen molar-refractivity contribution in [2.75, 3.05) is 11.4 Å². The molecule has 0 saturated carbocycles. The van der Waals surface area contributed by atoms with Crippen LogP contribution in [0.1, 0.15) is 16.7 Å². The van der Waals surface area contributed by atoms with Gasteiger partial charge in [0.05, 0.1) is 17.0 Å². The van der Waals surface area contributed by atoms with E-state index in [2.05, 4.69) is 0 Å². The molecule has 0 aromatic heterocycles. The van der Waals surface area contributed by atoms with Crippen LogP contribution in [0.4, 0.5) is 11.4 Å². The topological polar surface area (TPSA) is 63.5 Å². The van der Waals surface area contributed by atoms with Gasteiger partial charge in [-0.2, -0.15) is 0 Å². The van der Waals surface area contributed by atoms with Crippen molar-refractivity contribution in [2.45, 2.75) is 19.8 Å². The monoisotopic (exact) mass is 296 g/mol. The summed E-state index contributed by atoms with van der Waals surface area (Å²) in [5.41, 5.74) is 3.79. The van der Waals surface area contributed by atoms with E-state index in [1.54, 1.807) is 11.0 Å². The van der Waals surface area contributed by atoms with Crippen LogP contribution in [0.3, 0.4) is 0 Å². The van der Waals surface area contributed by atoms with Crippen molar-refractivity contribution in [3.63, 3.8) is 0 Å². The molecule has 0 N–H and O–H groups in total. The zero-order valence-corrected chi connectivity index (χ0v) is 12.3. The molecule has 112 valence electrons. The summed E-state index contributed by atoms with van der Waals surface area (Å²) in [4.78, 5) is 24.6. The van der Waals surface area contributed by atoms with E-state index in [0.717, 1.165) is 23.1 Å². The average molecular weight is 296 g/mol. The Balaban J connectivity index is 1.82. The molecule has 2 aromatic carbocycles. The second kappa shape index (κ2) is 5.60. The van der Waals surface area contributed by atoms with Crippen LogP contribution in [0.5, 0.6) is 0 Å². The number of benzene rings is 2. The molecule has 0 unspecified atom stereocenters. The maximum atomic E-state index is 12.5. The predicted molar refractivity (Wildman–Crippen MR) is 84.0 cm³/mol. The zero-order chi connectivity index (χ0) is 15.7. The Morgan fingerprint density at radius 1 is 1.23 bits per heavy atom. The average Bonchev–Trinajstić information content (AvgIpc) is 2.92. The zero-order valence-electron chi connectivity index (χ0n) is 12.3. The quantitative estimate of drug-likeness (QED) is 0.646. The molecule has 5 nitrogen and oxygen atoms in total. The molecule has 1 aliphatic heterocycles. The van der Waals surface area contributed by atoms with E-state index in [1.165, 1.54) is 12.1 Å². The molecule has 1 amide bonds. The van der Waals surface area contributed by atoms with Gasteiger partial charge in [-0.1, -0.05) is 35.9 Å². The van der Waals surface area contributed by atoms with Crippen molar-refractivity contribution in [3.8, 4) is 0 Å². The standard InChI is InChI=1S/C17H16N2O3/c1-12-2-4-13(5-3-12)10-17(20)18-9-8-14-6-7-15(19(21)22)11-16(14)18/h2-7,11H,8-10H2,1H3. The van der Waals surface area contributed by atoms with Gasteiger partial charge in [0.15, 0.2) is 0 Å². The highest BCUT2D eigenvalue weighted by molar-refractivity contribution is 5.97. The minimum absolute atomic E-state index is 0.0220. The lowest BCUT2D eigenvalue weighted by molar-refractivity contribution is -0.384. The number of carbonyl (C=O) groups excluding carboxylic acids is 1.